The summed E-state index contributed by atoms with van der Waals surface area (Å²) in [4.78, 5) is 14.8. The molecule has 1 aromatic carbocycles. The number of carbonyl (C=O) groups excluding carboxylic acids is 1. The summed E-state index contributed by atoms with van der Waals surface area (Å²) in [5, 5.41) is 15.8. The number of hydrogen-bond donors (Lipinski definition) is 1. The van der Waals surface area contributed by atoms with Gasteiger partial charge in [-0.2, -0.15) is 5.10 Å². The average molecular weight is 327 g/mol. The summed E-state index contributed by atoms with van der Waals surface area (Å²) < 4.78 is 11.0. The molecule has 0 saturated carbocycles. The Morgan fingerprint density at radius 2 is 2.21 bits per heavy atom. The topological polar surface area (TPSA) is 97.1 Å². The molecule has 1 amide bonds. The summed E-state index contributed by atoms with van der Waals surface area (Å²) in [5.41, 5.74) is 2.31. The Balaban J connectivity index is 1.71. The Kier molecular flexibility index (Phi) is 3.53. The number of rotatable bonds is 2. The molecule has 24 heavy (non-hydrogen) atoms. The van der Waals surface area contributed by atoms with E-state index in [0.717, 1.165) is 16.5 Å². The maximum atomic E-state index is 13.1. The number of H-pyrrole nitrogens is 1. The third-order valence-corrected chi connectivity index (χ3v) is 4.14. The van der Waals surface area contributed by atoms with Gasteiger partial charge in [-0.25, -0.2) is 0 Å². The number of nitrogens with one attached hydrogen (secondary N) is 1. The molecule has 1 fully saturated rings. The number of amides is 1. The predicted molar refractivity (Wildman–Crippen MR) is 84.5 cm³/mol. The van der Waals surface area contributed by atoms with E-state index in [-0.39, 0.29) is 5.91 Å². The Bertz CT molecular complexity index is 900. The summed E-state index contributed by atoms with van der Waals surface area (Å²) in [6, 6.07) is 5.46. The van der Waals surface area contributed by atoms with E-state index in [1.165, 1.54) is 0 Å². The fourth-order valence-corrected chi connectivity index (χ4v) is 2.92. The second-order valence-electron chi connectivity index (χ2n) is 5.87. The summed E-state index contributed by atoms with van der Waals surface area (Å²) in [7, 11) is 0. The third-order valence-electron chi connectivity index (χ3n) is 4.14. The van der Waals surface area contributed by atoms with Gasteiger partial charge in [-0.1, -0.05) is 11.6 Å². The SMILES string of the molecule is Cc1ccc2[nH]nc(C(=O)N3CCOC[C@H]3c3nnc(C)o3)c2c1. The fraction of sp³-hybridized carbons (Fsp3) is 0.375. The van der Waals surface area contributed by atoms with Crippen LogP contribution in [0, 0.1) is 13.8 Å². The van der Waals surface area contributed by atoms with Gasteiger partial charge in [0.05, 0.1) is 18.7 Å². The van der Waals surface area contributed by atoms with Crippen molar-refractivity contribution in [3.63, 3.8) is 0 Å². The summed E-state index contributed by atoms with van der Waals surface area (Å²) in [6.07, 6.45) is 0. The van der Waals surface area contributed by atoms with Crippen LogP contribution in [0.15, 0.2) is 22.6 Å². The highest BCUT2D eigenvalue weighted by Crippen LogP contribution is 2.27. The fourth-order valence-electron chi connectivity index (χ4n) is 2.92. The molecule has 0 aliphatic carbocycles. The number of aromatic nitrogens is 4. The maximum absolute atomic E-state index is 13.1. The molecule has 124 valence electrons. The van der Waals surface area contributed by atoms with E-state index < -0.39 is 6.04 Å². The largest absolute Gasteiger partial charge is 0.423 e. The number of hydrogen-bond acceptors (Lipinski definition) is 6. The molecule has 1 N–H and O–H groups in total. The molecule has 8 heteroatoms. The molecule has 8 nitrogen and oxygen atoms in total. The first kappa shape index (κ1) is 14.8. The molecular formula is C16H17N5O3. The van der Waals surface area contributed by atoms with E-state index in [1.807, 2.05) is 25.1 Å². The highest BCUT2D eigenvalue weighted by Gasteiger charge is 2.34. The zero-order chi connectivity index (χ0) is 16.7. The van der Waals surface area contributed by atoms with Gasteiger partial charge < -0.3 is 14.1 Å². The Morgan fingerprint density at radius 1 is 1.33 bits per heavy atom. The van der Waals surface area contributed by atoms with Gasteiger partial charge >= 0.3 is 0 Å². The smallest absolute Gasteiger partial charge is 0.275 e. The second kappa shape index (κ2) is 5.72. The van der Waals surface area contributed by atoms with Crippen LogP contribution >= 0.6 is 0 Å². The number of morpholine rings is 1. The maximum Gasteiger partial charge on any atom is 0.275 e. The van der Waals surface area contributed by atoms with Crippen LogP contribution in [0.5, 0.6) is 0 Å². The zero-order valence-electron chi connectivity index (χ0n) is 13.4. The normalized spacial score (nSPS) is 18.2. The van der Waals surface area contributed by atoms with Crippen molar-refractivity contribution < 1.29 is 13.9 Å². The molecule has 0 radical (unpaired) electrons. The van der Waals surface area contributed by atoms with E-state index in [1.54, 1.807) is 11.8 Å². The molecular weight excluding hydrogens is 310 g/mol. The third kappa shape index (κ3) is 2.44. The van der Waals surface area contributed by atoms with E-state index in [2.05, 4.69) is 20.4 Å². The molecule has 0 bridgehead atoms. The minimum Gasteiger partial charge on any atom is -0.423 e. The number of nitrogens with zero attached hydrogens (tertiary/aromatic N) is 4. The predicted octanol–water partition coefficient (Wildman–Crippen LogP) is 1.78. The van der Waals surface area contributed by atoms with Crippen LogP contribution in [0.1, 0.15) is 33.9 Å². The first-order chi connectivity index (χ1) is 11.6. The minimum absolute atomic E-state index is 0.170. The first-order valence-electron chi connectivity index (χ1n) is 7.77. The zero-order valence-corrected chi connectivity index (χ0v) is 13.4. The van der Waals surface area contributed by atoms with Crippen molar-refractivity contribution >= 4 is 16.8 Å². The summed E-state index contributed by atoms with van der Waals surface area (Å²) >= 11 is 0. The number of aromatic amines is 1. The van der Waals surface area contributed by atoms with Crippen molar-refractivity contribution in [2.75, 3.05) is 19.8 Å². The second-order valence-corrected chi connectivity index (χ2v) is 5.87. The van der Waals surface area contributed by atoms with Crippen LogP contribution in [0.2, 0.25) is 0 Å². The molecule has 3 heterocycles. The van der Waals surface area contributed by atoms with E-state index >= 15 is 0 Å². The summed E-state index contributed by atoms with van der Waals surface area (Å²) in [6.45, 7) is 4.95. The number of ether oxygens (including phenoxy) is 1. The van der Waals surface area contributed by atoms with Crippen LogP contribution < -0.4 is 0 Å². The van der Waals surface area contributed by atoms with Crippen molar-refractivity contribution in [2.45, 2.75) is 19.9 Å². The van der Waals surface area contributed by atoms with E-state index in [4.69, 9.17) is 9.15 Å². The minimum atomic E-state index is -0.399. The summed E-state index contributed by atoms with van der Waals surface area (Å²) in [5.74, 6) is 0.677. The quantitative estimate of drug-likeness (QED) is 0.770. The van der Waals surface area contributed by atoms with E-state index in [9.17, 15) is 4.79 Å². The van der Waals surface area contributed by atoms with Gasteiger partial charge in [0.2, 0.25) is 11.8 Å². The molecule has 2 aromatic heterocycles. The van der Waals surface area contributed by atoms with Gasteiger partial charge in [-0.3, -0.25) is 9.89 Å². The number of fused-ring (bicyclic) bond motifs is 1. The van der Waals surface area contributed by atoms with Crippen LogP contribution in [-0.4, -0.2) is 51.0 Å². The first-order valence-corrected chi connectivity index (χ1v) is 7.77. The van der Waals surface area contributed by atoms with E-state index in [0.29, 0.717) is 37.2 Å². The number of carbonyl (C=O) groups is 1. The molecule has 1 aliphatic heterocycles. The van der Waals surface area contributed by atoms with Crippen molar-refractivity contribution in [2.24, 2.45) is 0 Å². The number of benzene rings is 1. The lowest BCUT2D eigenvalue weighted by Crippen LogP contribution is -2.43. The van der Waals surface area contributed by atoms with Crippen molar-refractivity contribution in [3.05, 3.63) is 41.2 Å². The van der Waals surface area contributed by atoms with Gasteiger partial charge in [0.1, 0.15) is 6.04 Å². The molecule has 4 rings (SSSR count). The van der Waals surface area contributed by atoms with Crippen LogP contribution in [0.3, 0.4) is 0 Å². The van der Waals surface area contributed by atoms with Gasteiger partial charge in [0.15, 0.2) is 5.69 Å². The van der Waals surface area contributed by atoms with Crippen molar-refractivity contribution in [1.29, 1.82) is 0 Å². The highest BCUT2D eigenvalue weighted by molar-refractivity contribution is 6.05. The standard InChI is InChI=1S/C16H17N5O3/c1-9-3-4-12-11(7-9)14(19-18-12)16(22)21-5-6-23-8-13(21)15-20-17-10(2)24-15/h3-4,7,13H,5-6,8H2,1-2H3,(H,18,19)/t13-/m0/s1. The van der Waals surface area contributed by atoms with Gasteiger partial charge in [-0.15, -0.1) is 10.2 Å². The lowest BCUT2D eigenvalue weighted by Gasteiger charge is -2.32. The van der Waals surface area contributed by atoms with Crippen molar-refractivity contribution in [3.8, 4) is 0 Å². The molecule has 0 spiro atoms. The van der Waals surface area contributed by atoms with Crippen molar-refractivity contribution in [1.82, 2.24) is 25.3 Å². The van der Waals surface area contributed by atoms with Gasteiger partial charge in [-0.05, 0) is 19.1 Å². The monoisotopic (exact) mass is 327 g/mol. The van der Waals surface area contributed by atoms with Gasteiger partial charge in [0, 0.05) is 18.9 Å². The molecule has 0 unspecified atom stereocenters. The molecule has 1 aliphatic rings. The lowest BCUT2D eigenvalue weighted by atomic mass is 10.1. The van der Waals surface area contributed by atoms with Gasteiger partial charge in [0.25, 0.3) is 5.91 Å². The highest BCUT2D eigenvalue weighted by atomic mass is 16.5. The number of aryl methyl sites for hydroxylation is 2. The molecule has 1 atom stereocenters. The van der Waals surface area contributed by atoms with Crippen LogP contribution in [0.25, 0.3) is 10.9 Å². The Morgan fingerprint density at radius 3 is 3.00 bits per heavy atom. The van der Waals surface area contributed by atoms with Crippen LogP contribution in [-0.2, 0) is 4.74 Å². The lowest BCUT2D eigenvalue weighted by molar-refractivity contribution is -0.0108. The Labute approximate surface area is 137 Å². The molecule has 3 aromatic rings. The van der Waals surface area contributed by atoms with Crippen LogP contribution in [0.4, 0.5) is 0 Å². The molecule has 1 saturated heterocycles. The Hall–Kier alpha value is -2.74. The average Bonchev–Trinajstić information content (AvgIpc) is 3.20.